The van der Waals surface area contributed by atoms with Gasteiger partial charge >= 0.3 is 0 Å². The van der Waals surface area contributed by atoms with Crippen molar-refractivity contribution in [1.29, 1.82) is 0 Å². The third-order valence-electron chi connectivity index (χ3n) is 5.93. The maximum atomic E-state index is 12.4. The van der Waals surface area contributed by atoms with Crippen molar-refractivity contribution in [1.82, 2.24) is 10.6 Å². The Balaban J connectivity index is 0.00000196. The third kappa shape index (κ3) is 4.09. The Morgan fingerprint density at radius 2 is 1.88 bits per heavy atom. The van der Waals surface area contributed by atoms with Gasteiger partial charge in [-0.15, -0.1) is 12.4 Å². The van der Waals surface area contributed by atoms with E-state index in [0.717, 1.165) is 29.9 Å². The van der Waals surface area contributed by atoms with Crippen LogP contribution >= 0.6 is 12.4 Å². The summed E-state index contributed by atoms with van der Waals surface area (Å²) in [6.45, 7) is 5.21. The first-order chi connectivity index (χ1) is 12.0. The standard InChI is InChI=1S/C20H28N2O3.ClH/c1-20(2,14-3-6-17-18(10-14)25-12-24-17)11-21-19(23)9-13-7-15-4-5-16(8-13)22-15;/h3,6,10,13,15-16,22H,4-5,7-9,11-12H2,1-2H3,(H,21,23);1H. The van der Waals surface area contributed by atoms with Crippen molar-refractivity contribution in [3.05, 3.63) is 23.8 Å². The number of halogens is 1. The molecule has 2 N–H and O–H groups in total. The van der Waals surface area contributed by atoms with E-state index in [9.17, 15) is 4.79 Å². The Morgan fingerprint density at radius 3 is 2.62 bits per heavy atom. The number of carbonyl (C=O) groups excluding carboxylic acids is 1. The van der Waals surface area contributed by atoms with Crippen molar-refractivity contribution >= 4 is 18.3 Å². The molecule has 1 aromatic carbocycles. The summed E-state index contributed by atoms with van der Waals surface area (Å²) in [6.07, 6.45) is 5.51. The summed E-state index contributed by atoms with van der Waals surface area (Å²) < 4.78 is 10.8. The highest BCUT2D eigenvalue weighted by molar-refractivity contribution is 5.85. The highest BCUT2D eigenvalue weighted by atomic mass is 35.5. The second-order valence-corrected chi connectivity index (χ2v) is 8.41. The number of fused-ring (bicyclic) bond motifs is 3. The van der Waals surface area contributed by atoms with E-state index in [-0.39, 0.29) is 30.5 Å². The molecule has 0 radical (unpaired) electrons. The van der Waals surface area contributed by atoms with Crippen LogP contribution in [0.4, 0.5) is 0 Å². The van der Waals surface area contributed by atoms with Crippen molar-refractivity contribution in [2.75, 3.05) is 13.3 Å². The largest absolute Gasteiger partial charge is 0.454 e. The number of hydrogen-bond donors (Lipinski definition) is 2. The first-order valence-electron chi connectivity index (χ1n) is 9.42. The summed E-state index contributed by atoms with van der Waals surface area (Å²) in [7, 11) is 0. The fourth-order valence-corrected chi connectivity index (χ4v) is 4.42. The van der Waals surface area contributed by atoms with E-state index in [0.29, 0.717) is 31.0 Å². The van der Waals surface area contributed by atoms with Crippen molar-refractivity contribution in [2.45, 2.75) is 63.5 Å². The molecular formula is C20H29ClN2O3. The number of amides is 1. The number of nitrogens with one attached hydrogen (secondary N) is 2. The molecule has 4 rings (SSSR count). The van der Waals surface area contributed by atoms with E-state index in [4.69, 9.17) is 9.47 Å². The first-order valence-corrected chi connectivity index (χ1v) is 9.42. The first kappa shape index (κ1) is 19.3. The molecule has 0 aliphatic carbocycles. The molecule has 0 spiro atoms. The zero-order valence-corrected chi connectivity index (χ0v) is 16.4. The van der Waals surface area contributed by atoms with E-state index in [2.05, 4.69) is 30.5 Å². The van der Waals surface area contributed by atoms with Gasteiger partial charge in [0.2, 0.25) is 12.7 Å². The van der Waals surface area contributed by atoms with Gasteiger partial charge in [0.1, 0.15) is 0 Å². The van der Waals surface area contributed by atoms with Crippen LogP contribution in [0.3, 0.4) is 0 Å². The van der Waals surface area contributed by atoms with E-state index >= 15 is 0 Å². The van der Waals surface area contributed by atoms with E-state index in [1.54, 1.807) is 0 Å². The lowest BCUT2D eigenvalue weighted by molar-refractivity contribution is -0.122. The summed E-state index contributed by atoms with van der Waals surface area (Å²) in [5, 5.41) is 6.79. The predicted octanol–water partition coefficient (Wildman–Crippen LogP) is 3.15. The normalized spacial score (nSPS) is 26.3. The van der Waals surface area contributed by atoms with Crippen LogP contribution < -0.4 is 20.1 Å². The minimum atomic E-state index is -0.149. The summed E-state index contributed by atoms with van der Waals surface area (Å²) in [5.41, 5.74) is 1.00. The summed E-state index contributed by atoms with van der Waals surface area (Å²) in [4.78, 5) is 12.4. The number of benzene rings is 1. The summed E-state index contributed by atoms with van der Waals surface area (Å²) in [5.74, 6) is 2.30. The van der Waals surface area contributed by atoms with Crippen molar-refractivity contribution in [3.63, 3.8) is 0 Å². The number of rotatable bonds is 5. The van der Waals surface area contributed by atoms with Gasteiger partial charge in [-0.2, -0.15) is 0 Å². The van der Waals surface area contributed by atoms with Gasteiger partial charge < -0.3 is 20.1 Å². The third-order valence-corrected chi connectivity index (χ3v) is 5.93. The van der Waals surface area contributed by atoms with Gasteiger partial charge in [-0.25, -0.2) is 0 Å². The van der Waals surface area contributed by atoms with Crippen LogP contribution in [0.15, 0.2) is 18.2 Å². The molecule has 1 amide bonds. The molecule has 3 aliphatic rings. The minimum absolute atomic E-state index is 0. The SMILES string of the molecule is CC(C)(CNC(=O)CC1CC2CCC(C1)N2)c1ccc2c(c1)OCO2.Cl. The van der Waals surface area contributed by atoms with Gasteiger partial charge in [-0.3, -0.25) is 4.79 Å². The number of piperidine rings is 1. The van der Waals surface area contributed by atoms with E-state index in [1.165, 1.54) is 12.8 Å². The number of ether oxygens (including phenoxy) is 2. The van der Waals surface area contributed by atoms with E-state index in [1.807, 2.05) is 12.1 Å². The zero-order chi connectivity index (χ0) is 17.4. The zero-order valence-electron chi connectivity index (χ0n) is 15.5. The van der Waals surface area contributed by atoms with Gasteiger partial charge in [0.05, 0.1) is 0 Å². The fourth-order valence-electron chi connectivity index (χ4n) is 4.42. The van der Waals surface area contributed by atoms with Crippen LogP contribution in [-0.2, 0) is 10.2 Å². The quantitative estimate of drug-likeness (QED) is 0.823. The van der Waals surface area contributed by atoms with Crippen molar-refractivity contribution in [3.8, 4) is 11.5 Å². The predicted molar refractivity (Wildman–Crippen MR) is 103 cm³/mol. The van der Waals surface area contributed by atoms with Gasteiger partial charge in [0.15, 0.2) is 11.5 Å². The molecule has 2 unspecified atom stereocenters. The van der Waals surface area contributed by atoms with Crippen molar-refractivity contribution in [2.24, 2.45) is 5.92 Å². The lowest BCUT2D eigenvalue weighted by Gasteiger charge is -2.30. The average Bonchev–Trinajstić information content (AvgIpc) is 3.18. The number of carbonyl (C=O) groups is 1. The molecule has 144 valence electrons. The highest BCUT2D eigenvalue weighted by Gasteiger charge is 2.34. The molecule has 3 aliphatic heterocycles. The van der Waals surface area contributed by atoms with Gasteiger partial charge in [-0.1, -0.05) is 19.9 Å². The van der Waals surface area contributed by atoms with Crippen LogP contribution in [0.5, 0.6) is 11.5 Å². The smallest absolute Gasteiger partial charge is 0.231 e. The molecule has 26 heavy (non-hydrogen) atoms. The Hall–Kier alpha value is -1.46. The summed E-state index contributed by atoms with van der Waals surface area (Å²) in [6, 6.07) is 7.32. The topological polar surface area (TPSA) is 59.6 Å². The van der Waals surface area contributed by atoms with Crippen molar-refractivity contribution < 1.29 is 14.3 Å². The second-order valence-electron chi connectivity index (χ2n) is 8.41. The van der Waals surface area contributed by atoms with Gasteiger partial charge in [0, 0.05) is 30.5 Å². The molecule has 0 saturated carbocycles. The molecule has 2 fully saturated rings. The maximum absolute atomic E-state index is 12.4. The lowest BCUT2D eigenvalue weighted by atomic mass is 9.84. The maximum Gasteiger partial charge on any atom is 0.231 e. The molecule has 1 aromatic rings. The van der Waals surface area contributed by atoms with Crippen LogP contribution in [0.25, 0.3) is 0 Å². The fraction of sp³-hybridized carbons (Fsp3) is 0.650. The number of hydrogen-bond acceptors (Lipinski definition) is 4. The van der Waals surface area contributed by atoms with Crippen LogP contribution in [0.2, 0.25) is 0 Å². The van der Waals surface area contributed by atoms with E-state index < -0.39 is 0 Å². The molecule has 2 bridgehead atoms. The monoisotopic (exact) mass is 380 g/mol. The molecular weight excluding hydrogens is 352 g/mol. The Kier molecular flexibility index (Phi) is 5.68. The molecule has 2 saturated heterocycles. The summed E-state index contributed by atoms with van der Waals surface area (Å²) >= 11 is 0. The Labute approximate surface area is 161 Å². The molecule has 2 atom stereocenters. The average molecular weight is 381 g/mol. The lowest BCUT2D eigenvalue weighted by Crippen LogP contribution is -2.41. The Bertz CT molecular complexity index is 652. The highest BCUT2D eigenvalue weighted by Crippen LogP contribution is 2.36. The second kappa shape index (κ2) is 7.65. The van der Waals surface area contributed by atoms with Crippen LogP contribution in [0.1, 0.15) is 51.5 Å². The van der Waals surface area contributed by atoms with Gasteiger partial charge in [-0.05, 0) is 49.3 Å². The van der Waals surface area contributed by atoms with Crippen LogP contribution in [0, 0.1) is 5.92 Å². The Morgan fingerprint density at radius 1 is 1.19 bits per heavy atom. The van der Waals surface area contributed by atoms with Gasteiger partial charge in [0.25, 0.3) is 0 Å². The molecule has 0 aromatic heterocycles. The minimum Gasteiger partial charge on any atom is -0.454 e. The van der Waals surface area contributed by atoms with Crippen LogP contribution in [-0.4, -0.2) is 31.3 Å². The molecule has 5 nitrogen and oxygen atoms in total. The molecule has 3 heterocycles. The molecule has 6 heteroatoms.